The van der Waals surface area contributed by atoms with Crippen molar-refractivity contribution in [2.24, 2.45) is 0 Å². The van der Waals surface area contributed by atoms with Crippen LogP contribution in [0.5, 0.6) is 0 Å². The molecule has 4 heterocycles. The van der Waals surface area contributed by atoms with E-state index in [1.54, 1.807) is 22.9 Å². The predicted octanol–water partition coefficient (Wildman–Crippen LogP) is 1.40. The van der Waals surface area contributed by atoms with Gasteiger partial charge in [-0.1, -0.05) is 0 Å². The van der Waals surface area contributed by atoms with Crippen LogP contribution in [0.25, 0.3) is 10.9 Å². The molecule has 7 nitrogen and oxygen atoms in total. The van der Waals surface area contributed by atoms with Gasteiger partial charge in [0.2, 0.25) is 0 Å². The summed E-state index contributed by atoms with van der Waals surface area (Å²) >= 11 is 3.98. The van der Waals surface area contributed by atoms with Gasteiger partial charge >= 0.3 is 5.69 Å². The van der Waals surface area contributed by atoms with Crippen LogP contribution in [0.3, 0.4) is 0 Å². The van der Waals surface area contributed by atoms with Crippen LogP contribution in [-0.2, 0) is 10.8 Å². The monoisotopic (exact) mass is 575 g/mol. The van der Waals surface area contributed by atoms with Gasteiger partial charge in [-0.2, -0.15) is 4.98 Å². The minimum atomic E-state index is -1.38. The number of rotatable bonds is 0. The van der Waals surface area contributed by atoms with Crippen molar-refractivity contribution in [2.45, 2.75) is 18.0 Å². The quantitative estimate of drug-likeness (QED) is 0.350. The molecular formula is C13H12FI2N5O2S. The average molecular weight is 575 g/mol. The van der Waals surface area contributed by atoms with Crippen LogP contribution in [0.15, 0.2) is 9.82 Å². The lowest BCUT2D eigenvalue weighted by Crippen LogP contribution is -2.52. The van der Waals surface area contributed by atoms with E-state index in [0.717, 1.165) is 9.33 Å². The molecule has 4 rings (SSSR count). The summed E-state index contributed by atoms with van der Waals surface area (Å²) in [5.74, 6) is 0.231. The molecule has 0 amide bonds. The smallest absolute Gasteiger partial charge is 0.349 e. The fourth-order valence-corrected chi connectivity index (χ4v) is 5.86. The normalized spacial score (nSPS) is 24.1. The van der Waals surface area contributed by atoms with E-state index in [-0.39, 0.29) is 17.3 Å². The number of halogens is 3. The summed E-state index contributed by atoms with van der Waals surface area (Å²) in [6, 6.07) is -0.0470. The van der Waals surface area contributed by atoms with Gasteiger partial charge in [0.05, 0.1) is 56.5 Å². The van der Waals surface area contributed by atoms with E-state index in [9.17, 15) is 13.4 Å². The van der Waals surface area contributed by atoms with Crippen molar-refractivity contribution in [3.8, 4) is 0 Å². The Kier molecular flexibility index (Phi) is 4.32. The van der Waals surface area contributed by atoms with Crippen molar-refractivity contribution >= 4 is 73.2 Å². The third-order valence-corrected chi connectivity index (χ3v) is 7.49. The fraction of sp³-hybridized carbons (Fsp3) is 0.462. The molecule has 11 heteroatoms. The van der Waals surface area contributed by atoms with Crippen molar-refractivity contribution in [1.82, 2.24) is 15.9 Å². The SMILES string of the molecule is Cc1nc2c3c(nc(=O)n(I)c3c1F)N1CCN(I)CC1CS2=O. The lowest BCUT2D eigenvalue weighted by Gasteiger charge is -2.38. The van der Waals surface area contributed by atoms with E-state index in [1.165, 1.54) is 6.92 Å². The molecule has 2 aliphatic heterocycles. The van der Waals surface area contributed by atoms with Gasteiger partial charge in [0.25, 0.3) is 0 Å². The van der Waals surface area contributed by atoms with Gasteiger partial charge in [-0.25, -0.2) is 20.1 Å². The molecule has 128 valence electrons. The maximum atomic E-state index is 14.7. The van der Waals surface area contributed by atoms with Gasteiger partial charge in [-0.05, 0) is 6.92 Å². The summed E-state index contributed by atoms with van der Waals surface area (Å²) in [6.45, 7) is 3.66. The summed E-state index contributed by atoms with van der Waals surface area (Å²) in [5.41, 5.74) is -0.265. The zero-order chi connectivity index (χ0) is 17.2. The van der Waals surface area contributed by atoms with E-state index in [4.69, 9.17) is 0 Å². The number of hydrogen-bond acceptors (Lipinski definition) is 6. The Bertz CT molecular complexity index is 952. The molecular weight excluding hydrogens is 563 g/mol. The van der Waals surface area contributed by atoms with Gasteiger partial charge in [0, 0.05) is 42.5 Å². The number of anilines is 1. The number of hydrogen-bond donors (Lipinski definition) is 0. The molecule has 2 atom stereocenters. The highest BCUT2D eigenvalue weighted by atomic mass is 127. The third kappa shape index (κ3) is 2.49. The highest BCUT2D eigenvalue weighted by Gasteiger charge is 2.36. The molecule has 0 aliphatic carbocycles. The van der Waals surface area contributed by atoms with Crippen molar-refractivity contribution in [2.75, 3.05) is 30.3 Å². The van der Waals surface area contributed by atoms with Crippen LogP contribution in [-0.4, -0.2) is 51.5 Å². The summed E-state index contributed by atoms with van der Waals surface area (Å²) < 4.78 is 30.9. The number of aryl methyl sites for hydroxylation is 1. The zero-order valence-electron chi connectivity index (χ0n) is 12.5. The standard InChI is InChI=1S/C13H12FI2N5O2S/c1-6-9(14)10-8-11(18-13(22)21(10)16)20-3-2-19(15)4-7(20)5-24(23)12(8)17-6/h7H,2-5H2,1H3. The summed E-state index contributed by atoms with van der Waals surface area (Å²) in [7, 11) is -1.38. The van der Waals surface area contributed by atoms with Crippen LogP contribution in [0.2, 0.25) is 0 Å². The van der Waals surface area contributed by atoms with E-state index in [0.29, 0.717) is 35.1 Å². The Balaban J connectivity index is 2.12. The summed E-state index contributed by atoms with van der Waals surface area (Å²) in [4.78, 5) is 22.7. The van der Waals surface area contributed by atoms with Crippen LogP contribution in [0.4, 0.5) is 10.2 Å². The first-order chi connectivity index (χ1) is 11.4. The van der Waals surface area contributed by atoms with Gasteiger partial charge in [-0.15, -0.1) is 0 Å². The lowest BCUT2D eigenvalue weighted by molar-refractivity contribution is 0.400. The Morgan fingerprint density at radius 3 is 2.79 bits per heavy atom. The summed E-state index contributed by atoms with van der Waals surface area (Å²) in [6.07, 6.45) is 0. The number of nitrogens with zero attached hydrogens (tertiary/aromatic N) is 5. The Hall–Kier alpha value is -0.410. The third-order valence-electron chi connectivity index (χ3n) is 4.30. The fourth-order valence-electron chi connectivity index (χ4n) is 3.18. The number of piperazine rings is 1. The molecule has 24 heavy (non-hydrogen) atoms. The molecule has 0 N–H and O–H groups in total. The molecule has 2 unspecified atom stereocenters. The highest BCUT2D eigenvalue weighted by molar-refractivity contribution is 14.1. The maximum absolute atomic E-state index is 14.7. The molecule has 1 saturated heterocycles. The second-order valence-corrected chi connectivity index (χ2v) is 9.51. The van der Waals surface area contributed by atoms with Gasteiger partial charge in [0.1, 0.15) is 16.4 Å². The maximum Gasteiger partial charge on any atom is 0.359 e. The van der Waals surface area contributed by atoms with E-state index in [2.05, 4.69) is 35.9 Å². The van der Waals surface area contributed by atoms with Gasteiger partial charge in [-0.3, -0.25) is 4.21 Å². The predicted molar refractivity (Wildman–Crippen MR) is 106 cm³/mol. The molecule has 0 saturated carbocycles. The van der Waals surface area contributed by atoms with Crippen molar-refractivity contribution < 1.29 is 8.60 Å². The molecule has 0 radical (unpaired) electrons. The molecule has 0 spiro atoms. The Labute approximate surface area is 167 Å². The largest absolute Gasteiger partial charge is 0.359 e. The average Bonchev–Trinajstić information content (AvgIpc) is 2.63. The second kappa shape index (κ2) is 6.09. The first-order valence-electron chi connectivity index (χ1n) is 7.23. The van der Waals surface area contributed by atoms with Gasteiger partial charge < -0.3 is 4.90 Å². The van der Waals surface area contributed by atoms with E-state index in [1.807, 2.05) is 4.90 Å². The minimum Gasteiger partial charge on any atom is -0.349 e. The molecule has 0 bridgehead atoms. The number of aromatic nitrogens is 3. The Morgan fingerprint density at radius 1 is 1.29 bits per heavy atom. The minimum absolute atomic E-state index is 0.0470. The van der Waals surface area contributed by atoms with E-state index < -0.39 is 22.3 Å². The highest BCUT2D eigenvalue weighted by Crippen LogP contribution is 2.36. The van der Waals surface area contributed by atoms with Crippen LogP contribution in [0, 0.1) is 12.7 Å². The van der Waals surface area contributed by atoms with Crippen molar-refractivity contribution in [3.05, 3.63) is 22.0 Å². The number of pyridine rings is 1. The molecule has 0 aromatic carbocycles. The van der Waals surface area contributed by atoms with Crippen LogP contribution in [0.1, 0.15) is 5.69 Å². The topological polar surface area (TPSA) is 71.3 Å². The zero-order valence-corrected chi connectivity index (χ0v) is 17.6. The lowest BCUT2D eigenvalue weighted by atomic mass is 10.2. The first-order valence-corrected chi connectivity index (χ1v) is 10.5. The molecule has 2 aromatic heterocycles. The van der Waals surface area contributed by atoms with Crippen molar-refractivity contribution in [1.29, 1.82) is 0 Å². The van der Waals surface area contributed by atoms with Crippen molar-refractivity contribution in [3.63, 3.8) is 0 Å². The summed E-state index contributed by atoms with van der Waals surface area (Å²) in [5, 5.41) is 0.723. The first kappa shape index (κ1) is 17.0. The molecule has 1 fully saturated rings. The van der Waals surface area contributed by atoms with Gasteiger partial charge in [0.15, 0.2) is 5.82 Å². The Morgan fingerprint density at radius 2 is 2.04 bits per heavy atom. The molecule has 2 aromatic rings. The van der Waals surface area contributed by atoms with Crippen LogP contribution < -0.4 is 10.6 Å². The number of fused-ring (bicyclic) bond motifs is 2. The second-order valence-electron chi connectivity index (χ2n) is 5.77. The molecule has 2 aliphatic rings. The van der Waals surface area contributed by atoms with Crippen LogP contribution >= 0.6 is 45.7 Å². The van der Waals surface area contributed by atoms with E-state index >= 15 is 0 Å².